The Bertz CT molecular complexity index is 581. The van der Waals surface area contributed by atoms with Crippen LogP contribution >= 0.6 is 11.8 Å². The molecule has 1 atom stereocenters. The minimum atomic E-state index is -0.441. The highest BCUT2D eigenvalue weighted by Crippen LogP contribution is 2.24. The van der Waals surface area contributed by atoms with Gasteiger partial charge in [-0.3, -0.25) is 9.59 Å². The number of rotatable bonds is 10. The number of anilines is 1. The molecule has 8 heteroatoms. The average Bonchev–Trinajstić information content (AvgIpc) is 3.15. The third kappa shape index (κ3) is 6.19. The molecule has 0 bridgehead atoms. The number of thioether (sulfide) groups is 1. The van der Waals surface area contributed by atoms with E-state index in [4.69, 9.17) is 14.2 Å². The maximum Gasteiger partial charge on any atom is 0.248 e. The van der Waals surface area contributed by atoms with Crippen molar-refractivity contribution in [2.75, 3.05) is 51.0 Å². The number of hydrogen-bond acceptors (Lipinski definition) is 6. The predicted octanol–water partition coefficient (Wildman–Crippen LogP) is 1.98. The molecule has 2 rings (SSSR count). The Hall–Kier alpha value is -1.77. The summed E-state index contributed by atoms with van der Waals surface area (Å²) in [6, 6.07) is 6.69. The molecular formula is C18H26N2O5S. The lowest BCUT2D eigenvalue weighted by molar-refractivity contribution is -0.136. The van der Waals surface area contributed by atoms with Gasteiger partial charge in [0.15, 0.2) is 0 Å². The Balaban J connectivity index is 1.79. The van der Waals surface area contributed by atoms with Gasteiger partial charge in [-0.2, -0.15) is 0 Å². The molecule has 7 nitrogen and oxygen atoms in total. The van der Waals surface area contributed by atoms with Gasteiger partial charge in [0, 0.05) is 31.6 Å². The van der Waals surface area contributed by atoms with E-state index in [2.05, 4.69) is 5.32 Å². The highest BCUT2D eigenvalue weighted by atomic mass is 32.2. The van der Waals surface area contributed by atoms with E-state index in [1.807, 2.05) is 0 Å². The van der Waals surface area contributed by atoms with E-state index in [0.717, 1.165) is 5.75 Å². The molecule has 1 fully saturated rings. The van der Waals surface area contributed by atoms with Gasteiger partial charge in [0.25, 0.3) is 0 Å². The summed E-state index contributed by atoms with van der Waals surface area (Å²) in [5.74, 6) is 1.70. The van der Waals surface area contributed by atoms with Crippen LogP contribution in [0.4, 0.5) is 5.69 Å². The standard InChI is InChI=1S/C18H26N2O5S/c1-23-10-11-25-9-3-4-17(21)20-13-26-12-16(20)18(22)19-14-5-7-15(24-2)8-6-14/h5-8,16H,3-4,9-13H2,1-2H3,(H,19,22)/t16-/m1/s1. The molecule has 26 heavy (non-hydrogen) atoms. The first-order chi connectivity index (χ1) is 12.7. The second-order valence-electron chi connectivity index (χ2n) is 5.81. The van der Waals surface area contributed by atoms with Crippen LogP contribution in [0.5, 0.6) is 5.75 Å². The second kappa shape index (κ2) is 11.1. The van der Waals surface area contributed by atoms with Crippen molar-refractivity contribution in [2.45, 2.75) is 18.9 Å². The molecule has 1 aliphatic rings. The fourth-order valence-corrected chi connectivity index (χ4v) is 3.70. The number of methoxy groups -OCH3 is 2. The molecule has 1 heterocycles. The van der Waals surface area contributed by atoms with Crippen molar-refractivity contribution in [3.8, 4) is 5.75 Å². The lowest BCUT2D eigenvalue weighted by Crippen LogP contribution is -2.44. The maximum absolute atomic E-state index is 12.5. The van der Waals surface area contributed by atoms with E-state index in [-0.39, 0.29) is 11.8 Å². The summed E-state index contributed by atoms with van der Waals surface area (Å²) in [4.78, 5) is 26.6. The largest absolute Gasteiger partial charge is 0.497 e. The third-order valence-corrected chi connectivity index (χ3v) is 4.99. The van der Waals surface area contributed by atoms with Gasteiger partial charge < -0.3 is 24.4 Å². The molecule has 1 aliphatic heterocycles. The first-order valence-electron chi connectivity index (χ1n) is 8.54. The minimum Gasteiger partial charge on any atom is -0.497 e. The van der Waals surface area contributed by atoms with E-state index in [1.54, 1.807) is 55.1 Å². The van der Waals surface area contributed by atoms with Gasteiger partial charge in [-0.25, -0.2) is 0 Å². The van der Waals surface area contributed by atoms with Gasteiger partial charge in [-0.15, -0.1) is 11.8 Å². The number of amides is 2. The van der Waals surface area contributed by atoms with Gasteiger partial charge in [0.2, 0.25) is 11.8 Å². The molecule has 0 aromatic heterocycles. The van der Waals surface area contributed by atoms with E-state index in [1.165, 1.54) is 0 Å². The summed E-state index contributed by atoms with van der Waals surface area (Å²) in [5, 5.41) is 2.87. The number of carbonyl (C=O) groups is 2. The fourth-order valence-electron chi connectivity index (χ4n) is 2.52. The summed E-state index contributed by atoms with van der Waals surface area (Å²) in [6.45, 7) is 1.58. The first kappa shape index (κ1) is 20.5. The van der Waals surface area contributed by atoms with Gasteiger partial charge in [0.05, 0.1) is 26.2 Å². The van der Waals surface area contributed by atoms with Crippen molar-refractivity contribution in [1.82, 2.24) is 4.90 Å². The topological polar surface area (TPSA) is 77.1 Å². The van der Waals surface area contributed by atoms with Crippen LogP contribution in [-0.4, -0.2) is 68.4 Å². The summed E-state index contributed by atoms with van der Waals surface area (Å²) in [6.07, 6.45) is 1.01. The number of benzene rings is 1. The fraction of sp³-hybridized carbons (Fsp3) is 0.556. The molecule has 1 aromatic rings. The molecule has 1 aromatic carbocycles. The zero-order chi connectivity index (χ0) is 18.8. The van der Waals surface area contributed by atoms with Gasteiger partial charge in [-0.05, 0) is 30.7 Å². The van der Waals surface area contributed by atoms with Crippen molar-refractivity contribution in [1.29, 1.82) is 0 Å². The predicted molar refractivity (Wildman–Crippen MR) is 102 cm³/mol. The van der Waals surface area contributed by atoms with E-state index in [0.29, 0.717) is 50.0 Å². The zero-order valence-electron chi connectivity index (χ0n) is 15.2. The normalized spacial score (nSPS) is 16.5. The van der Waals surface area contributed by atoms with Crippen LogP contribution in [0, 0.1) is 0 Å². The first-order valence-corrected chi connectivity index (χ1v) is 9.70. The van der Waals surface area contributed by atoms with Crippen molar-refractivity contribution in [3.63, 3.8) is 0 Å². The van der Waals surface area contributed by atoms with Gasteiger partial charge in [0.1, 0.15) is 11.8 Å². The number of hydrogen-bond donors (Lipinski definition) is 1. The SMILES string of the molecule is COCCOCCCC(=O)N1CSC[C@@H]1C(=O)Nc1ccc(OC)cc1. The van der Waals surface area contributed by atoms with Gasteiger partial charge >= 0.3 is 0 Å². The van der Waals surface area contributed by atoms with Crippen molar-refractivity contribution in [2.24, 2.45) is 0 Å². The van der Waals surface area contributed by atoms with Crippen LogP contribution in [-0.2, 0) is 19.1 Å². The van der Waals surface area contributed by atoms with E-state index < -0.39 is 6.04 Å². The molecule has 144 valence electrons. The molecule has 0 spiro atoms. The average molecular weight is 382 g/mol. The molecule has 0 unspecified atom stereocenters. The molecule has 0 aliphatic carbocycles. The van der Waals surface area contributed by atoms with Crippen LogP contribution in [0.1, 0.15) is 12.8 Å². The van der Waals surface area contributed by atoms with Crippen LogP contribution in [0.25, 0.3) is 0 Å². The maximum atomic E-state index is 12.5. The molecular weight excluding hydrogens is 356 g/mol. The Kier molecular flexibility index (Phi) is 8.73. The molecule has 1 N–H and O–H groups in total. The van der Waals surface area contributed by atoms with Crippen molar-refractivity contribution < 1.29 is 23.8 Å². The smallest absolute Gasteiger partial charge is 0.248 e. The van der Waals surface area contributed by atoms with Gasteiger partial charge in [-0.1, -0.05) is 0 Å². The molecule has 0 saturated carbocycles. The highest BCUT2D eigenvalue weighted by molar-refractivity contribution is 7.99. The Morgan fingerprint density at radius 2 is 1.96 bits per heavy atom. The Labute approximate surface area is 158 Å². The second-order valence-corrected chi connectivity index (χ2v) is 6.81. The molecule has 1 saturated heterocycles. The van der Waals surface area contributed by atoms with Crippen LogP contribution in [0.3, 0.4) is 0 Å². The third-order valence-electron chi connectivity index (χ3n) is 3.97. The highest BCUT2D eigenvalue weighted by Gasteiger charge is 2.34. The van der Waals surface area contributed by atoms with Crippen molar-refractivity contribution in [3.05, 3.63) is 24.3 Å². The monoisotopic (exact) mass is 382 g/mol. The zero-order valence-corrected chi connectivity index (χ0v) is 16.0. The number of nitrogens with one attached hydrogen (secondary N) is 1. The van der Waals surface area contributed by atoms with Crippen molar-refractivity contribution >= 4 is 29.3 Å². The summed E-state index contributed by atoms with van der Waals surface area (Å²) in [5.41, 5.74) is 0.687. The van der Waals surface area contributed by atoms with E-state index in [9.17, 15) is 9.59 Å². The summed E-state index contributed by atoms with van der Waals surface area (Å²) >= 11 is 1.59. The number of nitrogens with zero attached hydrogens (tertiary/aromatic N) is 1. The summed E-state index contributed by atoms with van der Waals surface area (Å²) in [7, 11) is 3.21. The molecule has 0 radical (unpaired) electrons. The van der Waals surface area contributed by atoms with E-state index >= 15 is 0 Å². The van der Waals surface area contributed by atoms with Crippen LogP contribution in [0.2, 0.25) is 0 Å². The molecule has 2 amide bonds. The van der Waals surface area contributed by atoms with Crippen LogP contribution < -0.4 is 10.1 Å². The summed E-state index contributed by atoms with van der Waals surface area (Å²) < 4.78 is 15.4. The quantitative estimate of drug-likeness (QED) is 0.624. The van der Waals surface area contributed by atoms with Crippen LogP contribution in [0.15, 0.2) is 24.3 Å². The lowest BCUT2D eigenvalue weighted by Gasteiger charge is -2.23. The Morgan fingerprint density at radius 1 is 1.19 bits per heavy atom. The lowest BCUT2D eigenvalue weighted by atomic mass is 10.2. The number of carbonyl (C=O) groups excluding carboxylic acids is 2. The number of ether oxygens (including phenoxy) is 3. The Morgan fingerprint density at radius 3 is 2.65 bits per heavy atom. The minimum absolute atomic E-state index is 0.0137.